The fourth-order valence-corrected chi connectivity index (χ4v) is 10.4. The van der Waals surface area contributed by atoms with Gasteiger partial charge in [-0.15, -0.1) is 5.54 Å². The smallest absolute Gasteiger partial charge is 0.146 e. The summed E-state index contributed by atoms with van der Waals surface area (Å²) >= 11 is 0. The van der Waals surface area contributed by atoms with Crippen LogP contribution in [0.15, 0.2) is 54.6 Å². The van der Waals surface area contributed by atoms with Crippen LogP contribution in [-0.2, 0) is 0 Å². The van der Waals surface area contributed by atoms with Crippen LogP contribution in [0.3, 0.4) is 0 Å². The summed E-state index contributed by atoms with van der Waals surface area (Å²) in [6.07, 6.45) is 0.284. The van der Waals surface area contributed by atoms with Crippen LogP contribution in [-0.4, -0.2) is 13.2 Å². The van der Waals surface area contributed by atoms with E-state index in [1.807, 2.05) is 30.3 Å². The van der Waals surface area contributed by atoms with Gasteiger partial charge < -0.3 is 5.11 Å². The van der Waals surface area contributed by atoms with E-state index in [1.54, 1.807) is 0 Å². The minimum atomic E-state index is -1.82. The van der Waals surface area contributed by atoms with E-state index in [0.29, 0.717) is 28.5 Å². The fourth-order valence-electron chi connectivity index (χ4n) is 5.14. The van der Waals surface area contributed by atoms with Crippen LogP contribution in [0.25, 0.3) is 0 Å². The van der Waals surface area contributed by atoms with Gasteiger partial charge in [-0.3, -0.25) is 0 Å². The monoisotopic (exact) mass is 428 g/mol. The van der Waals surface area contributed by atoms with E-state index in [2.05, 4.69) is 89.1 Å². The Bertz CT molecular complexity index is 976. The first-order chi connectivity index (χ1) is 14.8. The molecule has 0 radical (unpaired) electrons. The van der Waals surface area contributed by atoms with E-state index in [4.69, 9.17) is 0 Å². The number of hydrogen-bond donors (Lipinski definition) is 1. The predicted octanol–water partition coefficient (Wildman–Crippen LogP) is 7.10. The molecular weight excluding hydrogens is 392 g/mol. The maximum atomic E-state index is 10.9. The van der Waals surface area contributed by atoms with Crippen LogP contribution in [0.4, 0.5) is 0 Å². The summed E-state index contributed by atoms with van der Waals surface area (Å²) in [5.41, 5.74) is 8.63. The molecule has 1 fully saturated rings. The van der Waals surface area contributed by atoms with E-state index in [9.17, 15) is 5.11 Å². The van der Waals surface area contributed by atoms with Crippen molar-refractivity contribution in [3.05, 3.63) is 71.3 Å². The molecule has 2 heteroatoms. The van der Waals surface area contributed by atoms with Gasteiger partial charge >= 0.3 is 0 Å². The van der Waals surface area contributed by atoms with Crippen molar-refractivity contribution in [2.24, 2.45) is 5.92 Å². The van der Waals surface area contributed by atoms with Crippen molar-refractivity contribution in [2.75, 3.05) is 0 Å². The highest BCUT2D eigenvalue weighted by Gasteiger charge is 2.41. The summed E-state index contributed by atoms with van der Waals surface area (Å²) in [6.45, 7) is 14.0. The molecule has 1 aliphatic carbocycles. The highest BCUT2D eigenvalue weighted by atomic mass is 28.3. The summed E-state index contributed by atoms with van der Waals surface area (Å²) < 4.78 is 0. The minimum Gasteiger partial charge on any atom is -0.376 e. The Hall–Kier alpha value is -2.26. The molecule has 3 atom stereocenters. The maximum Gasteiger partial charge on any atom is 0.146 e. The zero-order chi connectivity index (χ0) is 22.6. The molecule has 31 heavy (non-hydrogen) atoms. The Morgan fingerprint density at radius 1 is 0.839 bits per heavy atom. The van der Waals surface area contributed by atoms with Gasteiger partial charge in [-0.25, -0.2) is 0 Å². The number of aliphatic hydroxyl groups excluding tert-OH is 1. The molecule has 1 aliphatic rings. The van der Waals surface area contributed by atoms with Crippen LogP contribution in [0.1, 0.15) is 76.7 Å². The summed E-state index contributed by atoms with van der Waals surface area (Å²) in [5.74, 6) is 10.8. The van der Waals surface area contributed by atoms with Crippen LogP contribution in [0.5, 0.6) is 0 Å². The van der Waals surface area contributed by atoms with E-state index >= 15 is 0 Å². The van der Waals surface area contributed by atoms with Crippen molar-refractivity contribution in [2.45, 2.75) is 76.6 Å². The van der Waals surface area contributed by atoms with E-state index in [0.717, 1.165) is 17.5 Å². The highest BCUT2D eigenvalue weighted by molar-refractivity contribution is 6.90. The molecule has 3 rings (SSSR count). The van der Waals surface area contributed by atoms with Gasteiger partial charge in [-0.1, -0.05) is 108 Å². The largest absolute Gasteiger partial charge is 0.376 e. The van der Waals surface area contributed by atoms with Gasteiger partial charge in [0.1, 0.15) is 14.2 Å². The SMILES string of the molecule is CC(C)[Si](C#Cc1ccccc1C(O)C#C[C@H]1C[C@@H]1c1ccccc1)(C(C)C)C(C)C. The molecule has 1 saturated carbocycles. The lowest BCUT2D eigenvalue weighted by atomic mass is 10.0. The number of benzene rings is 2. The van der Waals surface area contributed by atoms with Crippen LogP contribution in [0, 0.1) is 29.2 Å². The molecule has 0 amide bonds. The molecule has 1 N–H and O–H groups in total. The Balaban J connectivity index is 1.83. The molecule has 1 nitrogen and oxygen atoms in total. The Labute approximate surface area is 190 Å². The van der Waals surface area contributed by atoms with E-state index < -0.39 is 14.2 Å². The minimum absolute atomic E-state index is 0.346. The first kappa shape index (κ1) is 23.4. The summed E-state index contributed by atoms with van der Waals surface area (Å²) in [7, 11) is -1.82. The van der Waals surface area contributed by atoms with Gasteiger partial charge in [0, 0.05) is 17.0 Å². The summed E-state index contributed by atoms with van der Waals surface area (Å²) in [6, 6.07) is 18.5. The zero-order valence-electron chi connectivity index (χ0n) is 19.8. The van der Waals surface area contributed by atoms with E-state index in [1.165, 1.54) is 5.56 Å². The zero-order valence-corrected chi connectivity index (χ0v) is 20.8. The van der Waals surface area contributed by atoms with Gasteiger partial charge in [-0.2, -0.15) is 0 Å². The van der Waals surface area contributed by atoms with Crippen LogP contribution < -0.4 is 0 Å². The number of hydrogen-bond acceptors (Lipinski definition) is 1. The van der Waals surface area contributed by atoms with Gasteiger partial charge in [-0.05, 0) is 40.6 Å². The molecule has 0 bridgehead atoms. The van der Waals surface area contributed by atoms with Crippen molar-refractivity contribution in [3.63, 3.8) is 0 Å². The van der Waals surface area contributed by atoms with Crippen LogP contribution >= 0.6 is 0 Å². The van der Waals surface area contributed by atoms with Crippen molar-refractivity contribution in [1.82, 2.24) is 0 Å². The lowest BCUT2D eigenvalue weighted by molar-refractivity contribution is 0.238. The molecule has 2 aromatic carbocycles. The lowest BCUT2D eigenvalue weighted by Crippen LogP contribution is -2.43. The normalized spacial score (nSPS) is 18.9. The van der Waals surface area contributed by atoms with Gasteiger partial charge in [0.05, 0.1) is 0 Å². The van der Waals surface area contributed by atoms with Gasteiger partial charge in [0.25, 0.3) is 0 Å². The second-order valence-corrected chi connectivity index (χ2v) is 15.4. The van der Waals surface area contributed by atoms with Crippen molar-refractivity contribution in [3.8, 4) is 23.3 Å². The summed E-state index contributed by atoms with van der Waals surface area (Å²) in [4.78, 5) is 0. The lowest BCUT2D eigenvalue weighted by Gasteiger charge is -2.38. The average molecular weight is 429 g/mol. The highest BCUT2D eigenvalue weighted by Crippen LogP contribution is 2.47. The molecule has 0 spiro atoms. The van der Waals surface area contributed by atoms with Gasteiger partial charge in [0.15, 0.2) is 0 Å². The molecule has 0 aliphatic heterocycles. The van der Waals surface area contributed by atoms with E-state index in [-0.39, 0.29) is 0 Å². The number of aliphatic hydroxyl groups is 1. The third-order valence-electron chi connectivity index (χ3n) is 6.96. The third kappa shape index (κ3) is 5.15. The average Bonchev–Trinajstić information content (AvgIpc) is 3.52. The maximum absolute atomic E-state index is 10.9. The predicted molar refractivity (Wildman–Crippen MR) is 134 cm³/mol. The first-order valence-electron chi connectivity index (χ1n) is 11.6. The van der Waals surface area contributed by atoms with Crippen molar-refractivity contribution >= 4 is 8.07 Å². The Morgan fingerprint density at radius 3 is 2.03 bits per heavy atom. The standard InChI is InChI=1S/C29H36OSi/c1-21(2)31(22(3)4,23(5)6)19-18-25-14-10-11-15-27(25)29(30)17-16-26-20-28(26)24-12-8-7-9-13-24/h7-15,21-23,26,28-30H,20H2,1-6H3/t26-,28+,29?/m0/s1. The fraction of sp³-hybridized carbons (Fsp3) is 0.448. The molecule has 2 aromatic rings. The summed E-state index contributed by atoms with van der Waals surface area (Å²) in [5, 5.41) is 10.9. The molecule has 162 valence electrons. The molecule has 0 heterocycles. The Kier molecular flexibility index (Phi) is 7.48. The second kappa shape index (κ2) is 9.91. The van der Waals surface area contributed by atoms with Crippen LogP contribution in [0.2, 0.25) is 16.6 Å². The number of rotatable bonds is 5. The second-order valence-electron chi connectivity index (χ2n) is 9.78. The molecule has 0 saturated heterocycles. The molecule has 1 unspecified atom stereocenters. The topological polar surface area (TPSA) is 20.2 Å². The first-order valence-corrected chi connectivity index (χ1v) is 13.9. The molecule has 0 aromatic heterocycles. The van der Waals surface area contributed by atoms with Crippen molar-refractivity contribution < 1.29 is 5.11 Å². The Morgan fingerprint density at radius 2 is 1.42 bits per heavy atom. The quantitative estimate of drug-likeness (QED) is 0.398. The van der Waals surface area contributed by atoms with Gasteiger partial charge in [0.2, 0.25) is 0 Å². The third-order valence-corrected chi connectivity index (χ3v) is 13.2. The molecular formula is C29H36OSi. The van der Waals surface area contributed by atoms with Crippen molar-refractivity contribution in [1.29, 1.82) is 0 Å².